The molecule has 0 bridgehead atoms. The number of carbonyl (C=O) groups excluding carboxylic acids is 2. The maximum atomic E-state index is 12.7. The monoisotopic (exact) mass is 455 g/mol. The Morgan fingerprint density at radius 2 is 1.91 bits per heavy atom. The van der Waals surface area contributed by atoms with E-state index in [9.17, 15) is 24.5 Å². The first-order chi connectivity index (χ1) is 15.2. The minimum absolute atomic E-state index is 0.150. The van der Waals surface area contributed by atoms with Crippen LogP contribution in [0.3, 0.4) is 0 Å². The standard InChI is InChI=1S/C22H21N3O6S/c1-4-31-22(28)19-17(15-7-5-13(2)6-8-15)12-32-20(19)23-18(26)11-24-10-16(25(29)30)9-14(3)21(24)27/h5-10,12H,4,11H2,1-3H3,(H,23,26). The van der Waals surface area contributed by atoms with Gasteiger partial charge in [-0.1, -0.05) is 29.8 Å². The second-order valence-electron chi connectivity index (χ2n) is 7.06. The molecular formula is C22H21N3O6S. The summed E-state index contributed by atoms with van der Waals surface area (Å²) in [6, 6.07) is 8.73. The largest absolute Gasteiger partial charge is 0.462 e. The van der Waals surface area contributed by atoms with E-state index < -0.39 is 28.9 Å². The van der Waals surface area contributed by atoms with Crippen molar-refractivity contribution in [3.8, 4) is 11.1 Å². The second kappa shape index (κ2) is 9.56. The van der Waals surface area contributed by atoms with Crippen molar-refractivity contribution in [2.24, 2.45) is 0 Å². The normalized spacial score (nSPS) is 10.6. The van der Waals surface area contributed by atoms with Crippen LogP contribution in [0.15, 0.2) is 46.7 Å². The van der Waals surface area contributed by atoms with Gasteiger partial charge in [-0.2, -0.15) is 0 Å². The molecule has 2 aromatic heterocycles. The number of ether oxygens (including phenoxy) is 1. The molecule has 1 amide bonds. The van der Waals surface area contributed by atoms with Gasteiger partial charge < -0.3 is 10.1 Å². The fourth-order valence-corrected chi connectivity index (χ4v) is 4.08. The van der Waals surface area contributed by atoms with E-state index in [1.54, 1.807) is 12.3 Å². The number of nitro groups is 1. The SMILES string of the molecule is CCOC(=O)c1c(-c2ccc(C)cc2)csc1NC(=O)Cn1cc([N+](=O)[O-])cc(C)c1=O. The summed E-state index contributed by atoms with van der Waals surface area (Å²) in [5.41, 5.74) is 2.04. The number of hydrogen-bond acceptors (Lipinski definition) is 7. The Kier molecular flexibility index (Phi) is 6.84. The molecule has 0 unspecified atom stereocenters. The Hall–Kier alpha value is -3.79. The van der Waals surface area contributed by atoms with Crippen molar-refractivity contribution < 1.29 is 19.2 Å². The molecule has 0 aliphatic carbocycles. The fraction of sp³-hybridized carbons (Fsp3) is 0.227. The average Bonchev–Trinajstić information content (AvgIpc) is 3.15. The van der Waals surface area contributed by atoms with Gasteiger partial charge in [0.05, 0.1) is 17.7 Å². The van der Waals surface area contributed by atoms with Gasteiger partial charge in [-0.3, -0.25) is 24.3 Å². The molecule has 10 heteroatoms. The van der Waals surface area contributed by atoms with Crippen LogP contribution in [0.25, 0.3) is 11.1 Å². The Labute approximate surface area is 187 Å². The Balaban J connectivity index is 1.93. The molecule has 0 aliphatic heterocycles. The van der Waals surface area contributed by atoms with Crippen LogP contribution in [-0.2, 0) is 16.1 Å². The number of carbonyl (C=O) groups is 2. The first kappa shape index (κ1) is 22.9. The number of pyridine rings is 1. The van der Waals surface area contributed by atoms with Gasteiger partial charge in [0.15, 0.2) is 0 Å². The maximum absolute atomic E-state index is 12.7. The molecule has 1 N–H and O–H groups in total. The van der Waals surface area contributed by atoms with E-state index in [1.165, 1.54) is 6.92 Å². The smallest absolute Gasteiger partial charge is 0.341 e. The predicted molar refractivity (Wildman–Crippen MR) is 121 cm³/mol. The van der Waals surface area contributed by atoms with Crippen molar-refractivity contribution in [2.75, 3.05) is 11.9 Å². The Bertz CT molecular complexity index is 1240. The Morgan fingerprint density at radius 3 is 2.53 bits per heavy atom. The van der Waals surface area contributed by atoms with Crippen LogP contribution in [-0.4, -0.2) is 28.0 Å². The highest BCUT2D eigenvalue weighted by Gasteiger charge is 2.23. The fourth-order valence-electron chi connectivity index (χ4n) is 3.11. The molecule has 166 valence electrons. The Morgan fingerprint density at radius 1 is 1.22 bits per heavy atom. The summed E-state index contributed by atoms with van der Waals surface area (Å²) >= 11 is 1.16. The van der Waals surface area contributed by atoms with Gasteiger partial charge in [0.1, 0.15) is 17.1 Å². The number of thiophene rings is 1. The molecular weight excluding hydrogens is 434 g/mol. The van der Waals surface area contributed by atoms with Crippen LogP contribution in [0.1, 0.15) is 28.4 Å². The van der Waals surface area contributed by atoms with Gasteiger partial charge in [0.2, 0.25) is 5.91 Å². The summed E-state index contributed by atoms with van der Waals surface area (Å²) in [6.07, 6.45) is 1.02. The molecule has 0 saturated heterocycles. The van der Waals surface area contributed by atoms with Gasteiger partial charge in [0.25, 0.3) is 11.2 Å². The summed E-state index contributed by atoms with van der Waals surface area (Å²) in [5, 5.41) is 15.7. The third-order valence-corrected chi connectivity index (χ3v) is 5.56. The topological polar surface area (TPSA) is 121 Å². The lowest BCUT2D eigenvalue weighted by Gasteiger charge is -2.10. The zero-order valence-electron chi connectivity index (χ0n) is 17.7. The third kappa shape index (κ3) is 4.92. The van der Waals surface area contributed by atoms with E-state index in [2.05, 4.69) is 5.32 Å². The van der Waals surface area contributed by atoms with Crippen LogP contribution in [0.5, 0.6) is 0 Å². The van der Waals surface area contributed by atoms with Crippen LogP contribution in [0.4, 0.5) is 10.7 Å². The number of hydrogen-bond donors (Lipinski definition) is 1. The lowest BCUT2D eigenvalue weighted by Crippen LogP contribution is -2.29. The van der Waals surface area contributed by atoms with Crippen molar-refractivity contribution in [2.45, 2.75) is 27.3 Å². The number of benzene rings is 1. The van der Waals surface area contributed by atoms with Crippen molar-refractivity contribution >= 4 is 33.9 Å². The number of aryl methyl sites for hydroxylation is 2. The number of anilines is 1. The molecule has 0 saturated carbocycles. The second-order valence-corrected chi connectivity index (χ2v) is 7.94. The van der Waals surface area contributed by atoms with Crippen molar-refractivity contribution in [1.29, 1.82) is 0 Å². The van der Waals surface area contributed by atoms with E-state index in [1.807, 2.05) is 31.2 Å². The van der Waals surface area contributed by atoms with Gasteiger partial charge in [-0.15, -0.1) is 11.3 Å². The minimum atomic E-state index is -0.632. The van der Waals surface area contributed by atoms with E-state index >= 15 is 0 Å². The average molecular weight is 455 g/mol. The van der Waals surface area contributed by atoms with Gasteiger partial charge >= 0.3 is 5.97 Å². The molecule has 3 aromatic rings. The van der Waals surface area contributed by atoms with Gasteiger partial charge in [-0.05, 0) is 26.3 Å². The van der Waals surface area contributed by atoms with E-state index in [-0.39, 0.29) is 28.4 Å². The van der Waals surface area contributed by atoms with Crippen molar-refractivity contribution in [1.82, 2.24) is 4.57 Å². The van der Waals surface area contributed by atoms with Crippen molar-refractivity contribution in [3.63, 3.8) is 0 Å². The predicted octanol–water partition coefficient (Wildman–Crippen LogP) is 3.92. The zero-order chi connectivity index (χ0) is 23.4. The van der Waals surface area contributed by atoms with E-state index in [4.69, 9.17) is 4.74 Å². The number of aromatic nitrogens is 1. The zero-order valence-corrected chi connectivity index (χ0v) is 18.5. The van der Waals surface area contributed by atoms with Crippen LogP contribution < -0.4 is 10.9 Å². The van der Waals surface area contributed by atoms with E-state index in [0.29, 0.717) is 5.56 Å². The molecule has 32 heavy (non-hydrogen) atoms. The quantitative estimate of drug-likeness (QED) is 0.327. The molecule has 0 fully saturated rings. The number of rotatable bonds is 7. The van der Waals surface area contributed by atoms with Gasteiger partial charge in [0, 0.05) is 22.6 Å². The number of nitrogens with zero attached hydrogens (tertiary/aromatic N) is 2. The minimum Gasteiger partial charge on any atom is -0.462 e. The lowest BCUT2D eigenvalue weighted by molar-refractivity contribution is -0.385. The molecule has 2 heterocycles. The molecule has 9 nitrogen and oxygen atoms in total. The molecule has 0 atom stereocenters. The molecule has 3 rings (SSSR count). The summed E-state index contributed by atoms with van der Waals surface area (Å²) in [7, 11) is 0. The van der Waals surface area contributed by atoms with Crippen LogP contribution in [0, 0.1) is 24.0 Å². The highest BCUT2D eigenvalue weighted by atomic mass is 32.1. The lowest BCUT2D eigenvalue weighted by atomic mass is 10.0. The first-order valence-electron chi connectivity index (χ1n) is 9.72. The highest BCUT2D eigenvalue weighted by molar-refractivity contribution is 7.15. The van der Waals surface area contributed by atoms with Crippen LogP contribution in [0.2, 0.25) is 0 Å². The number of nitrogens with one attached hydrogen (secondary N) is 1. The highest BCUT2D eigenvalue weighted by Crippen LogP contribution is 2.36. The molecule has 0 spiro atoms. The molecule has 0 aliphatic rings. The molecule has 1 aromatic carbocycles. The third-order valence-electron chi connectivity index (χ3n) is 4.66. The number of esters is 1. The van der Waals surface area contributed by atoms with Gasteiger partial charge in [-0.25, -0.2) is 4.79 Å². The van der Waals surface area contributed by atoms with Crippen molar-refractivity contribution in [3.05, 3.63) is 79.1 Å². The van der Waals surface area contributed by atoms with Crippen LogP contribution >= 0.6 is 11.3 Å². The first-order valence-corrected chi connectivity index (χ1v) is 10.6. The summed E-state index contributed by atoms with van der Waals surface area (Å²) < 4.78 is 6.15. The summed E-state index contributed by atoms with van der Waals surface area (Å²) in [4.78, 5) is 48.1. The summed E-state index contributed by atoms with van der Waals surface area (Å²) in [6.45, 7) is 4.80. The molecule has 0 radical (unpaired) electrons. The number of amides is 1. The maximum Gasteiger partial charge on any atom is 0.341 e. The summed E-state index contributed by atoms with van der Waals surface area (Å²) in [5.74, 6) is -1.18. The van der Waals surface area contributed by atoms with E-state index in [0.717, 1.165) is 39.3 Å².